The van der Waals surface area contributed by atoms with Gasteiger partial charge in [0.2, 0.25) is 0 Å². The summed E-state index contributed by atoms with van der Waals surface area (Å²) in [6.07, 6.45) is 7.69. The molecule has 1 aliphatic heterocycles. The highest BCUT2D eigenvalue weighted by Crippen LogP contribution is 2.41. The molecule has 2 atom stereocenters. The zero-order valence-corrected chi connectivity index (χ0v) is 21.1. The van der Waals surface area contributed by atoms with E-state index in [-0.39, 0.29) is 0 Å². The van der Waals surface area contributed by atoms with Crippen LogP contribution in [-0.2, 0) is 0 Å². The fourth-order valence-electron chi connectivity index (χ4n) is 5.20. The Labute approximate surface area is 196 Å². The van der Waals surface area contributed by atoms with Crippen LogP contribution >= 0.6 is 0 Å². The number of nitrogens with one attached hydrogen (secondary N) is 1. The molecule has 0 saturated carbocycles. The molecule has 172 valence electrons. The standard InChI is InChI=1S/C30H42N2/c1-9-25-15-14-21(4)23(6)28(25)18-30-24(7)29(19-32(30)8)27(16-17-31-20(2)3)26-13-11-10-12-22(26)5/h9-13,18,20,23-24,31H,1,4,14-17,19H2,2-3,5-8H3/b29-27-,30-18-. The summed E-state index contributed by atoms with van der Waals surface area (Å²) < 4.78 is 0. The van der Waals surface area contributed by atoms with Crippen LogP contribution in [0.25, 0.3) is 5.57 Å². The van der Waals surface area contributed by atoms with Crippen molar-refractivity contribution in [2.75, 3.05) is 20.1 Å². The van der Waals surface area contributed by atoms with Crippen molar-refractivity contribution >= 4 is 5.57 Å². The quantitative estimate of drug-likeness (QED) is 0.465. The summed E-state index contributed by atoms with van der Waals surface area (Å²) in [5, 5.41) is 3.63. The predicted octanol–water partition coefficient (Wildman–Crippen LogP) is 7.07. The first-order valence-corrected chi connectivity index (χ1v) is 12.2. The number of nitrogens with zero attached hydrogens (tertiary/aromatic N) is 1. The van der Waals surface area contributed by atoms with Gasteiger partial charge < -0.3 is 10.2 Å². The average molecular weight is 431 g/mol. The third-order valence-electron chi connectivity index (χ3n) is 7.31. The van der Waals surface area contributed by atoms with Crippen LogP contribution in [0.1, 0.15) is 58.1 Å². The van der Waals surface area contributed by atoms with Gasteiger partial charge in [-0.15, -0.1) is 0 Å². The highest BCUT2D eigenvalue weighted by atomic mass is 15.1. The number of likely N-dealkylation sites (N-methyl/N-ethyl adjacent to an activating group) is 1. The molecule has 2 nitrogen and oxygen atoms in total. The molecule has 32 heavy (non-hydrogen) atoms. The van der Waals surface area contributed by atoms with Gasteiger partial charge in [0.05, 0.1) is 0 Å². The molecular formula is C30H42N2. The van der Waals surface area contributed by atoms with Gasteiger partial charge in [-0.3, -0.25) is 0 Å². The van der Waals surface area contributed by atoms with Crippen LogP contribution in [0.15, 0.2) is 77.6 Å². The van der Waals surface area contributed by atoms with Gasteiger partial charge in [-0.1, -0.05) is 76.8 Å². The monoisotopic (exact) mass is 430 g/mol. The van der Waals surface area contributed by atoms with E-state index >= 15 is 0 Å². The van der Waals surface area contributed by atoms with Gasteiger partial charge in [0.25, 0.3) is 0 Å². The molecule has 1 aliphatic carbocycles. The minimum Gasteiger partial charge on any atom is -0.373 e. The van der Waals surface area contributed by atoms with Gasteiger partial charge in [-0.25, -0.2) is 0 Å². The van der Waals surface area contributed by atoms with Crippen molar-refractivity contribution in [3.8, 4) is 0 Å². The van der Waals surface area contributed by atoms with Crippen LogP contribution in [0.3, 0.4) is 0 Å². The van der Waals surface area contributed by atoms with Crippen molar-refractivity contribution in [1.82, 2.24) is 10.2 Å². The number of hydrogen-bond acceptors (Lipinski definition) is 2. The number of rotatable bonds is 7. The van der Waals surface area contributed by atoms with Crippen LogP contribution in [0.2, 0.25) is 0 Å². The Kier molecular flexibility index (Phi) is 8.00. The average Bonchev–Trinajstić information content (AvgIpc) is 3.03. The van der Waals surface area contributed by atoms with Gasteiger partial charge in [0.15, 0.2) is 0 Å². The van der Waals surface area contributed by atoms with E-state index < -0.39 is 0 Å². The van der Waals surface area contributed by atoms with E-state index in [0.717, 1.165) is 32.4 Å². The van der Waals surface area contributed by atoms with Crippen LogP contribution in [0.4, 0.5) is 0 Å². The molecule has 2 aliphatic rings. The third-order valence-corrected chi connectivity index (χ3v) is 7.31. The van der Waals surface area contributed by atoms with Gasteiger partial charge >= 0.3 is 0 Å². The predicted molar refractivity (Wildman–Crippen MR) is 140 cm³/mol. The van der Waals surface area contributed by atoms with Crippen LogP contribution < -0.4 is 5.32 Å². The van der Waals surface area contributed by atoms with Crippen molar-refractivity contribution in [2.24, 2.45) is 11.8 Å². The lowest BCUT2D eigenvalue weighted by atomic mass is 9.79. The molecule has 1 heterocycles. The maximum absolute atomic E-state index is 4.34. The lowest BCUT2D eigenvalue weighted by Gasteiger charge is -2.27. The first-order chi connectivity index (χ1) is 15.2. The van der Waals surface area contributed by atoms with E-state index in [9.17, 15) is 0 Å². The Balaban J connectivity index is 2.05. The summed E-state index contributed by atoms with van der Waals surface area (Å²) in [5.41, 5.74) is 11.4. The van der Waals surface area contributed by atoms with Gasteiger partial charge in [-0.2, -0.15) is 0 Å². The Morgan fingerprint density at radius 1 is 1.19 bits per heavy atom. The summed E-state index contributed by atoms with van der Waals surface area (Å²) in [7, 11) is 2.24. The molecule has 2 heteroatoms. The molecule has 2 unspecified atom stereocenters. The first kappa shape index (κ1) is 24.3. The SMILES string of the molecule is C=CC1=C(/C=C2/C(C)/C(=C(/CCNC(C)C)c3ccccc3C)CN2C)C(C)C(=C)CC1. The van der Waals surface area contributed by atoms with Gasteiger partial charge in [0, 0.05) is 37.2 Å². The Morgan fingerprint density at radius 3 is 2.56 bits per heavy atom. The molecule has 0 radical (unpaired) electrons. The van der Waals surface area contributed by atoms with Crippen LogP contribution in [-0.4, -0.2) is 31.1 Å². The van der Waals surface area contributed by atoms with Crippen molar-refractivity contribution in [2.45, 2.75) is 59.9 Å². The largest absolute Gasteiger partial charge is 0.373 e. The third kappa shape index (κ3) is 5.18. The Bertz CT molecular complexity index is 957. The second-order valence-corrected chi connectivity index (χ2v) is 9.89. The van der Waals surface area contributed by atoms with Gasteiger partial charge in [-0.05, 0) is 72.2 Å². The smallest absolute Gasteiger partial charge is 0.0395 e. The lowest BCUT2D eigenvalue weighted by Crippen LogP contribution is -2.24. The number of aryl methyl sites for hydroxylation is 1. The molecule has 1 aromatic rings. The summed E-state index contributed by atoms with van der Waals surface area (Å²) in [6.45, 7) is 21.8. The molecule has 1 N–H and O–H groups in total. The number of hydrogen-bond donors (Lipinski definition) is 1. The Hall–Kier alpha value is -2.32. The first-order valence-electron chi connectivity index (χ1n) is 12.2. The highest BCUT2D eigenvalue weighted by molar-refractivity contribution is 5.73. The van der Waals surface area contributed by atoms with Crippen molar-refractivity contribution in [3.63, 3.8) is 0 Å². The van der Waals surface area contributed by atoms with Crippen LogP contribution in [0, 0.1) is 18.8 Å². The maximum atomic E-state index is 4.34. The summed E-state index contributed by atoms with van der Waals surface area (Å²) in [4.78, 5) is 2.45. The lowest BCUT2D eigenvalue weighted by molar-refractivity contribution is 0.482. The van der Waals surface area contributed by atoms with E-state index in [1.165, 1.54) is 39.1 Å². The molecule has 3 rings (SSSR count). The molecule has 1 saturated heterocycles. The van der Waals surface area contributed by atoms with E-state index in [4.69, 9.17) is 0 Å². The zero-order chi connectivity index (χ0) is 23.4. The number of allylic oxidation sites excluding steroid dienone is 6. The molecule has 0 amide bonds. The topological polar surface area (TPSA) is 15.3 Å². The van der Waals surface area contributed by atoms with Crippen molar-refractivity contribution in [3.05, 3.63) is 88.7 Å². The fourth-order valence-corrected chi connectivity index (χ4v) is 5.20. The zero-order valence-electron chi connectivity index (χ0n) is 21.1. The number of likely N-dealkylation sites (tertiary alicyclic amines) is 1. The molecule has 0 aromatic heterocycles. The maximum Gasteiger partial charge on any atom is 0.0395 e. The molecule has 0 spiro atoms. The van der Waals surface area contributed by atoms with Crippen molar-refractivity contribution in [1.29, 1.82) is 0 Å². The van der Waals surface area contributed by atoms with E-state index in [1.807, 2.05) is 0 Å². The molecule has 0 bridgehead atoms. The minimum atomic E-state index is 0.393. The second kappa shape index (κ2) is 10.5. The van der Waals surface area contributed by atoms with E-state index in [2.05, 4.69) is 101 Å². The second-order valence-electron chi connectivity index (χ2n) is 9.89. The Morgan fingerprint density at radius 2 is 1.91 bits per heavy atom. The summed E-state index contributed by atoms with van der Waals surface area (Å²) >= 11 is 0. The van der Waals surface area contributed by atoms with Crippen LogP contribution in [0.5, 0.6) is 0 Å². The highest BCUT2D eigenvalue weighted by Gasteiger charge is 2.31. The number of benzene rings is 1. The summed E-state index contributed by atoms with van der Waals surface area (Å²) in [6, 6.07) is 9.36. The van der Waals surface area contributed by atoms with E-state index in [1.54, 1.807) is 5.57 Å². The fraction of sp³-hybridized carbons (Fsp3) is 0.467. The van der Waals surface area contributed by atoms with Crippen molar-refractivity contribution < 1.29 is 0 Å². The molecular weight excluding hydrogens is 388 g/mol. The molecule has 1 aromatic carbocycles. The molecule has 1 fully saturated rings. The normalized spacial score (nSPS) is 24.7. The summed E-state index contributed by atoms with van der Waals surface area (Å²) in [5.74, 6) is 0.790. The minimum absolute atomic E-state index is 0.393. The van der Waals surface area contributed by atoms with Gasteiger partial charge in [0.1, 0.15) is 0 Å². The van der Waals surface area contributed by atoms with E-state index in [0.29, 0.717) is 17.9 Å².